The molecular formula is C19H24. The minimum atomic E-state index is 0.152. The lowest BCUT2D eigenvalue weighted by Crippen LogP contribution is -2.26. The molecule has 2 rings (SSSR count). The summed E-state index contributed by atoms with van der Waals surface area (Å²) in [6.45, 7) is 8.98. The van der Waals surface area contributed by atoms with Gasteiger partial charge in [-0.3, -0.25) is 0 Å². The molecule has 0 atom stereocenters. The van der Waals surface area contributed by atoms with Crippen molar-refractivity contribution in [1.82, 2.24) is 0 Å². The highest BCUT2D eigenvalue weighted by molar-refractivity contribution is 5.42. The Labute approximate surface area is 117 Å². The zero-order valence-corrected chi connectivity index (χ0v) is 12.5. The molecule has 100 valence electrons. The summed E-state index contributed by atoms with van der Waals surface area (Å²) < 4.78 is 0. The fourth-order valence-electron chi connectivity index (χ4n) is 3.03. The van der Waals surface area contributed by atoms with Crippen LogP contribution in [-0.4, -0.2) is 0 Å². The Morgan fingerprint density at radius 1 is 0.737 bits per heavy atom. The summed E-state index contributed by atoms with van der Waals surface area (Å²) in [5.41, 5.74) is 5.80. The molecule has 19 heavy (non-hydrogen) atoms. The Hall–Kier alpha value is -1.56. The van der Waals surface area contributed by atoms with Gasteiger partial charge in [0.05, 0.1) is 0 Å². The van der Waals surface area contributed by atoms with Gasteiger partial charge in [0, 0.05) is 5.41 Å². The molecule has 0 radical (unpaired) electrons. The Balaban J connectivity index is 2.59. The van der Waals surface area contributed by atoms with Crippen LogP contribution in [0.5, 0.6) is 0 Å². The van der Waals surface area contributed by atoms with Crippen molar-refractivity contribution in [3.63, 3.8) is 0 Å². The predicted octanol–water partition coefficient (Wildman–Crippen LogP) is 5.41. The second-order valence-electron chi connectivity index (χ2n) is 5.45. The number of rotatable bonds is 4. The fourth-order valence-corrected chi connectivity index (χ4v) is 3.03. The van der Waals surface area contributed by atoms with E-state index in [1.54, 1.807) is 0 Å². The van der Waals surface area contributed by atoms with E-state index in [-0.39, 0.29) is 5.41 Å². The summed E-state index contributed by atoms with van der Waals surface area (Å²) in [7, 11) is 0. The molecule has 0 spiro atoms. The number of hydrogen-bond donors (Lipinski definition) is 0. The zero-order valence-electron chi connectivity index (χ0n) is 12.5. The summed E-state index contributed by atoms with van der Waals surface area (Å²) in [6.07, 6.45) is 2.27. The van der Waals surface area contributed by atoms with E-state index in [0.717, 1.165) is 12.8 Å². The Morgan fingerprint density at radius 3 is 1.89 bits per heavy atom. The van der Waals surface area contributed by atoms with E-state index >= 15 is 0 Å². The fraction of sp³-hybridized carbons (Fsp3) is 0.368. The van der Waals surface area contributed by atoms with Gasteiger partial charge in [-0.05, 0) is 48.9 Å². The van der Waals surface area contributed by atoms with Gasteiger partial charge in [0.2, 0.25) is 0 Å². The maximum atomic E-state index is 2.37. The number of aryl methyl sites for hydroxylation is 2. The van der Waals surface area contributed by atoms with E-state index in [9.17, 15) is 0 Å². The summed E-state index contributed by atoms with van der Waals surface area (Å²) >= 11 is 0. The van der Waals surface area contributed by atoms with Gasteiger partial charge >= 0.3 is 0 Å². The van der Waals surface area contributed by atoms with Crippen molar-refractivity contribution >= 4 is 0 Å². The van der Waals surface area contributed by atoms with Crippen LogP contribution >= 0.6 is 0 Å². The standard InChI is InChI=1S/C19H24/c1-5-19(6-2,17-10-8-7-9-11-17)18-13-12-15(3)16(4)14-18/h7-14H,5-6H2,1-4H3. The van der Waals surface area contributed by atoms with Crippen LogP contribution in [0.3, 0.4) is 0 Å². The van der Waals surface area contributed by atoms with Crippen molar-refractivity contribution in [2.45, 2.75) is 46.0 Å². The van der Waals surface area contributed by atoms with Gasteiger partial charge in [-0.2, -0.15) is 0 Å². The molecule has 0 heteroatoms. The number of hydrogen-bond acceptors (Lipinski definition) is 0. The molecule has 0 saturated heterocycles. The largest absolute Gasteiger partial charge is 0.0642 e. The van der Waals surface area contributed by atoms with E-state index in [1.165, 1.54) is 22.3 Å². The van der Waals surface area contributed by atoms with Crippen LogP contribution in [0.15, 0.2) is 48.5 Å². The molecular weight excluding hydrogens is 228 g/mol. The quantitative estimate of drug-likeness (QED) is 0.682. The van der Waals surface area contributed by atoms with E-state index < -0.39 is 0 Å². The Kier molecular flexibility index (Phi) is 4.09. The molecule has 0 fully saturated rings. The summed E-state index contributed by atoms with van der Waals surface area (Å²) in [5.74, 6) is 0. The Bertz CT molecular complexity index is 533. The van der Waals surface area contributed by atoms with Crippen molar-refractivity contribution < 1.29 is 0 Å². The van der Waals surface area contributed by atoms with Crippen molar-refractivity contribution in [1.29, 1.82) is 0 Å². The molecule has 0 unspecified atom stereocenters. The van der Waals surface area contributed by atoms with Gasteiger partial charge in [-0.15, -0.1) is 0 Å². The molecule has 0 saturated carbocycles. The van der Waals surface area contributed by atoms with Gasteiger partial charge in [-0.25, -0.2) is 0 Å². The van der Waals surface area contributed by atoms with Gasteiger partial charge in [0.15, 0.2) is 0 Å². The zero-order chi connectivity index (χ0) is 13.9. The highest BCUT2D eigenvalue weighted by Crippen LogP contribution is 2.39. The second-order valence-corrected chi connectivity index (χ2v) is 5.45. The SMILES string of the molecule is CCC(CC)(c1ccccc1)c1ccc(C)c(C)c1. The smallest absolute Gasteiger partial charge is 0.0197 e. The van der Waals surface area contributed by atoms with Crippen molar-refractivity contribution in [2.24, 2.45) is 0 Å². The van der Waals surface area contributed by atoms with Crippen LogP contribution in [0.1, 0.15) is 48.9 Å². The normalized spacial score (nSPS) is 11.6. The molecule has 0 aliphatic heterocycles. The third-order valence-electron chi connectivity index (χ3n) is 4.59. The van der Waals surface area contributed by atoms with Gasteiger partial charge < -0.3 is 0 Å². The molecule has 0 heterocycles. The first kappa shape index (κ1) is 13.9. The van der Waals surface area contributed by atoms with Crippen LogP contribution in [0.25, 0.3) is 0 Å². The van der Waals surface area contributed by atoms with Gasteiger partial charge in [0.1, 0.15) is 0 Å². The lowest BCUT2D eigenvalue weighted by Gasteiger charge is -2.33. The highest BCUT2D eigenvalue weighted by atomic mass is 14.3. The van der Waals surface area contributed by atoms with Crippen molar-refractivity contribution in [2.75, 3.05) is 0 Å². The third kappa shape index (κ3) is 2.45. The van der Waals surface area contributed by atoms with Crippen molar-refractivity contribution in [3.05, 3.63) is 70.8 Å². The van der Waals surface area contributed by atoms with Crippen LogP contribution in [0, 0.1) is 13.8 Å². The van der Waals surface area contributed by atoms with Crippen LogP contribution in [-0.2, 0) is 5.41 Å². The highest BCUT2D eigenvalue weighted by Gasteiger charge is 2.30. The van der Waals surface area contributed by atoms with E-state index in [2.05, 4.69) is 76.2 Å². The number of benzene rings is 2. The Morgan fingerprint density at radius 2 is 1.37 bits per heavy atom. The molecule has 0 aromatic heterocycles. The molecule has 0 nitrogen and oxygen atoms in total. The average molecular weight is 252 g/mol. The molecule has 2 aromatic carbocycles. The first-order chi connectivity index (χ1) is 9.14. The third-order valence-corrected chi connectivity index (χ3v) is 4.59. The summed E-state index contributed by atoms with van der Waals surface area (Å²) in [5, 5.41) is 0. The van der Waals surface area contributed by atoms with Gasteiger partial charge in [-0.1, -0.05) is 62.4 Å². The summed E-state index contributed by atoms with van der Waals surface area (Å²) in [6, 6.07) is 17.9. The van der Waals surface area contributed by atoms with E-state index in [4.69, 9.17) is 0 Å². The second kappa shape index (κ2) is 5.61. The van der Waals surface area contributed by atoms with Crippen LogP contribution in [0.2, 0.25) is 0 Å². The van der Waals surface area contributed by atoms with E-state index in [0.29, 0.717) is 0 Å². The molecule has 0 aliphatic rings. The molecule has 0 N–H and O–H groups in total. The molecule has 0 bridgehead atoms. The summed E-state index contributed by atoms with van der Waals surface area (Å²) in [4.78, 5) is 0. The maximum Gasteiger partial charge on any atom is 0.0197 e. The topological polar surface area (TPSA) is 0 Å². The van der Waals surface area contributed by atoms with Crippen molar-refractivity contribution in [3.8, 4) is 0 Å². The lowest BCUT2D eigenvalue weighted by atomic mass is 9.70. The van der Waals surface area contributed by atoms with Crippen LogP contribution in [0.4, 0.5) is 0 Å². The predicted molar refractivity (Wildman–Crippen MR) is 83.7 cm³/mol. The van der Waals surface area contributed by atoms with Crippen LogP contribution < -0.4 is 0 Å². The molecule has 2 aromatic rings. The average Bonchev–Trinajstić information content (AvgIpc) is 2.46. The van der Waals surface area contributed by atoms with Gasteiger partial charge in [0.25, 0.3) is 0 Å². The van der Waals surface area contributed by atoms with E-state index in [1.807, 2.05) is 0 Å². The lowest BCUT2D eigenvalue weighted by molar-refractivity contribution is 0.478. The molecule has 0 amide bonds. The molecule has 0 aliphatic carbocycles. The first-order valence-corrected chi connectivity index (χ1v) is 7.27. The minimum absolute atomic E-state index is 0.152. The maximum absolute atomic E-state index is 2.37. The monoisotopic (exact) mass is 252 g/mol. The first-order valence-electron chi connectivity index (χ1n) is 7.27. The minimum Gasteiger partial charge on any atom is -0.0642 e.